The molecule has 2 N–H and O–H groups in total. The van der Waals surface area contributed by atoms with Crippen LogP contribution in [0.1, 0.15) is 34.2 Å². The Hall–Kier alpha value is -0.250. The van der Waals surface area contributed by atoms with Crippen molar-refractivity contribution in [2.75, 3.05) is 0 Å². The molecule has 1 unspecified atom stereocenters. The standard InChI is InChI=1S/C13H14BrNO3S3/c14-13-12(6-8(7-16)20-13)21(17,18)15-10-2-1-3-11-9(10)4-5-19-11/h4-6,10,15-16H,1-3,7H2. The lowest BCUT2D eigenvalue weighted by Gasteiger charge is -2.23. The molecule has 1 atom stereocenters. The van der Waals surface area contributed by atoms with Gasteiger partial charge >= 0.3 is 0 Å². The van der Waals surface area contributed by atoms with E-state index < -0.39 is 10.0 Å². The lowest BCUT2D eigenvalue weighted by atomic mass is 9.95. The summed E-state index contributed by atoms with van der Waals surface area (Å²) in [6.07, 6.45) is 2.84. The second-order valence-corrected chi connectivity index (χ2v) is 10.0. The molecular weight excluding hydrogens is 394 g/mol. The molecule has 1 aliphatic rings. The van der Waals surface area contributed by atoms with Crippen molar-refractivity contribution in [3.63, 3.8) is 0 Å². The van der Waals surface area contributed by atoms with Gasteiger partial charge in [0.15, 0.2) is 0 Å². The Balaban J connectivity index is 1.89. The molecule has 0 radical (unpaired) electrons. The molecular formula is C13H14BrNO3S3. The van der Waals surface area contributed by atoms with Gasteiger partial charge in [-0.3, -0.25) is 0 Å². The van der Waals surface area contributed by atoms with Gasteiger partial charge in [-0.25, -0.2) is 13.1 Å². The third-order valence-corrected chi connectivity index (χ3v) is 8.21. The van der Waals surface area contributed by atoms with Crippen molar-refractivity contribution in [1.29, 1.82) is 0 Å². The Kier molecular flexibility index (Phi) is 4.54. The summed E-state index contributed by atoms with van der Waals surface area (Å²) in [5.41, 5.74) is 1.10. The van der Waals surface area contributed by atoms with Crippen LogP contribution in [0.2, 0.25) is 0 Å². The van der Waals surface area contributed by atoms with E-state index in [9.17, 15) is 8.42 Å². The molecule has 2 heterocycles. The van der Waals surface area contributed by atoms with Crippen LogP contribution in [0.15, 0.2) is 26.2 Å². The highest BCUT2D eigenvalue weighted by atomic mass is 79.9. The number of hydrogen-bond donors (Lipinski definition) is 2. The van der Waals surface area contributed by atoms with Crippen molar-refractivity contribution in [3.8, 4) is 0 Å². The first-order valence-electron chi connectivity index (χ1n) is 6.49. The highest BCUT2D eigenvalue weighted by Gasteiger charge is 2.28. The Morgan fingerprint density at radius 1 is 1.48 bits per heavy atom. The van der Waals surface area contributed by atoms with E-state index in [0.717, 1.165) is 24.8 Å². The van der Waals surface area contributed by atoms with E-state index in [1.807, 2.05) is 11.4 Å². The van der Waals surface area contributed by atoms with Gasteiger partial charge in [0.25, 0.3) is 0 Å². The maximum absolute atomic E-state index is 12.6. The number of aryl methyl sites for hydroxylation is 1. The Labute approximate surface area is 140 Å². The number of hydrogen-bond acceptors (Lipinski definition) is 5. The predicted molar refractivity (Wildman–Crippen MR) is 88.3 cm³/mol. The molecule has 0 aromatic carbocycles. The summed E-state index contributed by atoms with van der Waals surface area (Å²) in [6, 6.07) is 3.37. The van der Waals surface area contributed by atoms with Gasteiger partial charge in [-0.15, -0.1) is 22.7 Å². The van der Waals surface area contributed by atoms with E-state index >= 15 is 0 Å². The Morgan fingerprint density at radius 3 is 3.00 bits per heavy atom. The number of sulfonamides is 1. The first-order valence-corrected chi connectivity index (χ1v) is 10.5. The van der Waals surface area contributed by atoms with Crippen LogP contribution < -0.4 is 4.72 Å². The minimum atomic E-state index is -3.59. The third kappa shape index (κ3) is 3.11. The number of nitrogens with one attached hydrogen (secondary N) is 1. The van der Waals surface area contributed by atoms with E-state index in [0.29, 0.717) is 8.66 Å². The van der Waals surface area contributed by atoms with Gasteiger partial charge < -0.3 is 5.11 Å². The molecule has 2 aromatic heterocycles. The molecule has 3 rings (SSSR count). The average molecular weight is 408 g/mol. The van der Waals surface area contributed by atoms with Gasteiger partial charge in [-0.2, -0.15) is 0 Å². The SMILES string of the molecule is O=S(=O)(NC1CCCc2sccc21)c1cc(CO)sc1Br. The summed E-state index contributed by atoms with van der Waals surface area (Å²) in [4.78, 5) is 2.11. The summed E-state index contributed by atoms with van der Waals surface area (Å²) in [7, 11) is -3.59. The van der Waals surface area contributed by atoms with Crippen LogP contribution >= 0.6 is 38.6 Å². The number of thiophene rings is 2. The van der Waals surface area contributed by atoms with E-state index in [-0.39, 0.29) is 17.5 Å². The highest BCUT2D eigenvalue weighted by Crippen LogP contribution is 2.36. The zero-order valence-electron chi connectivity index (χ0n) is 11.0. The summed E-state index contributed by atoms with van der Waals surface area (Å²) >= 11 is 6.20. The topological polar surface area (TPSA) is 66.4 Å². The van der Waals surface area contributed by atoms with E-state index in [1.54, 1.807) is 11.3 Å². The van der Waals surface area contributed by atoms with E-state index in [4.69, 9.17) is 5.11 Å². The molecule has 4 nitrogen and oxygen atoms in total. The fourth-order valence-corrected chi connectivity index (χ4v) is 7.30. The minimum absolute atomic E-state index is 0.156. The number of rotatable bonds is 4. The number of aliphatic hydroxyl groups is 1. The first-order chi connectivity index (χ1) is 10.0. The predicted octanol–water partition coefficient (Wildman–Crippen LogP) is 3.42. The maximum Gasteiger partial charge on any atom is 0.243 e. The van der Waals surface area contributed by atoms with Crippen molar-refractivity contribution in [3.05, 3.63) is 36.6 Å². The number of fused-ring (bicyclic) bond motifs is 1. The molecule has 114 valence electrons. The maximum atomic E-state index is 12.6. The molecule has 2 aromatic rings. The van der Waals surface area contributed by atoms with Gasteiger partial charge in [-0.1, -0.05) is 0 Å². The molecule has 1 aliphatic carbocycles. The highest BCUT2D eigenvalue weighted by molar-refractivity contribution is 9.11. The quantitative estimate of drug-likeness (QED) is 0.815. The Morgan fingerprint density at radius 2 is 2.29 bits per heavy atom. The summed E-state index contributed by atoms with van der Waals surface area (Å²) in [5, 5.41) is 11.2. The largest absolute Gasteiger partial charge is 0.391 e. The monoisotopic (exact) mass is 407 g/mol. The second-order valence-electron chi connectivity index (χ2n) is 4.87. The van der Waals surface area contributed by atoms with E-state index in [2.05, 4.69) is 20.7 Å². The van der Waals surface area contributed by atoms with Crippen LogP contribution in [0.25, 0.3) is 0 Å². The van der Waals surface area contributed by atoms with Gasteiger partial charge in [0.05, 0.1) is 10.4 Å². The molecule has 0 saturated carbocycles. The molecule has 0 aliphatic heterocycles. The fourth-order valence-electron chi connectivity index (χ4n) is 2.52. The molecule has 8 heteroatoms. The Bertz CT molecular complexity index is 751. The summed E-state index contributed by atoms with van der Waals surface area (Å²) < 4.78 is 28.5. The normalized spacial score (nSPS) is 18.7. The van der Waals surface area contributed by atoms with Crippen molar-refractivity contribution in [2.24, 2.45) is 0 Å². The zero-order chi connectivity index (χ0) is 15.0. The molecule has 0 saturated heterocycles. The average Bonchev–Trinajstić information content (AvgIpc) is 3.05. The van der Waals surface area contributed by atoms with Gasteiger partial charge in [0.1, 0.15) is 4.90 Å². The molecule has 0 amide bonds. The molecule has 21 heavy (non-hydrogen) atoms. The lowest BCUT2D eigenvalue weighted by Crippen LogP contribution is -2.30. The van der Waals surface area contributed by atoms with Crippen LogP contribution in [0.3, 0.4) is 0 Å². The number of halogens is 1. The lowest BCUT2D eigenvalue weighted by molar-refractivity contribution is 0.285. The van der Waals surface area contributed by atoms with Gasteiger partial charge in [0, 0.05) is 15.8 Å². The van der Waals surface area contributed by atoms with Crippen molar-refractivity contribution < 1.29 is 13.5 Å². The molecule has 0 fully saturated rings. The van der Waals surface area contributed by atoms with Crippen molar-refractivity contribution in [1.82, 2.24) is 4.72 Å². The minimum Gasteiger partial charge on any atom is -0.391 e. The van der Waals surface area contributed by atoms with Crippen LogP contribution in [-0.4, -0.2) is 13.5 Å². The van der Waals surface area contributed by atoms with Crippen LogP contribution in [0.4, 0.5) is 0 Å². The third-order valence-electron chi connectivity index (χ3n) is 3.50. The van der Waals surface area contributed by atoms with Crippen molar-refractivity contribution >= 4 is 48.6 Å². The second kappa shape index (κ2) is 6.10. The number of aliphatic hydroxyl groups excluding tert-OH is 1. The van der Waals surface area contributed by atoms with Gasteiger partial charge in [0.2, 0.25) is 10.0 Å². The van der Waals surface area contributed by atoms with Crippen LogP contribution in [0, 0.1) is 0 Å². The van der Waals surface area contributed by atoms with Crippen LogP contribution in [0.5, 0.6) is 0 Å². The summed E-state index contributed by atoms with van der Waals surface area (Å²) in [6.45, 7) is -0.156. The van der Waals surface area contributed by atoms with Crippen LogP contribution in [-0.2, 0) is 23.1 Å². The first kappa shape index (κ1) is 15.6. The molecule has 0 bridgehead atoms. The fraction of sp³-hybridized carbons (Fsp3) is 0.385. The smallest absolute Gasteiger partial charge is 0.243 e. The van der Waals surface area contributed by atoms with Crippen molar-refractivity contribution in [2.45, 2.75) is 36.8 Å². The van der Waals surface area contributed by atoms with E-state index in [1.165, 1.54) is 22.3 Å². The molecule has 0 spiro atoms. The summed E-state index contributed by atoms with van der Waals surface area (Å²) in [5.74, 6) is 0. The zero-order valence-corrected chi connectivity index (χ0v) is 15.0. The van der Waals surface area contributed by atoms with Gasteiger partial charge in [-0.05, 0) is 58.3 Å².